The monoisotopic (exact) mass is 179 g/mol. The number of ketones is 1. The molecule has 1 aromatic rings. The summed E-state index contributed by atoms with van der Waals surface area (Å²) in [5.41, 5.74) is 7.63. The van der Waals surface area contributed by atoms with Gasteiger partial charge in [0.15, 0.2) is 5.78 Å². The quantitative estimate of drug-likeness (QED) is 0.556. The van der Waals surface area contributed by atoms with Gasteiger partial charge in [-0.1, -0.05) is 0 Å². The maximum absolute atomic E-state index is 11.2. The zero-order valence-electron chi connectivity index (χ0n) is 8.05. The second kappa shape index (κ2) is 3.47. The molecule has 1 aromatic carbocycles. The molecule has 0 bridgehead atoms. The molecule has 0 aromatic heterocycles. The molecule has 2 N–H and O–H groups in total. The predicted octanol–water partition coefficient (Wildman–Crippen LogP) is 1.79. The number of carbonyl (C=O) groups is 1. The van der Waals surface area contributed by atoms with Gasteiger partial charge < -0.3 is 10.5 Å². The van der Waals surface area contributed by atoms with Gasteiger partial charge in [-0.2, -0.15) is 0 Å². The number of Topliss-reactive ketones (excluding diaryl/α,β-unsaturated/α-hetero) is 1. The Balaban J connectivity index is 3.38. The zero-order valence-corrected chi connectivity index (χ0v) is 8.05. The Morgan fingerprint density at radius 2 is 2.08 bits per heavy atom. The first-order chi connectivity index (χ1) is 6.06. The molecule has 70 valence electrons. The van der Waals surface area contributed by atoms with E-state index in [1.807, 2.05) is 6.92 Å². The average Bonchev–Trinajstić information content (AvgIpc) is 2.01. The van der Waals surface area contributed by atoms with Crippen LogP contribution in [0.15, 0.2) is 12.1 Å². The molecule has 0 saturated heterocycles. The molecule has 0 radical (unpaired) electrons. The highest BCUT2D eigenvalue weighted by atomic mass is 16.5. The van der Waals surface area contributed by atoms with Gasteiger partial charge in [0.2, 0.25) is 0 Å². The van der Waals surface area contributed by atoms with Gasteiger partial charge in [-0.05, 0) is 31.5 Å². The number of benzene rings is 1. The Bertz CT molecular complexity index is 345. The van der Waals surface area contributed by atoms with Crippen molar-refractivity contribution >= 4 is 11.5 Å². The second-order valence-electron chi connectivity index (χ2n) is 2.99. The summed E-state index contributed by atoms with van der Waals surface area (Å²) in [6.45, 7) is 3.38. The Kier molecular flexibility index (Phi) is 2.56. The molecule has 0 atom stereocenters. The minimum absolute atomic E-state index is 0.0747. The van der Waals surface area contributed by atoms with Gasteiger partial charge in [0.05, 0.1) is 12.7 Å². The summed E-state index contributed by atoms with van der Waals surface area (Å²) in [5.74, 6) is 0.472. The number of carbonyl (C=O) groups excluding carboxylic acids is 1. The molecule has 0 aliphatic heterocycles. The normalized spacial score (nSPS) is 9.77. The van der Waals surface area contributed by atoms with Gasteiger partial charge in [0.25, 0.3) is 0 Å². The Morgan fingerprint density at radius 3 is 2.54 bits per heavy atom. The standard InChI is InChI=1S/C10H13NO2/c1-6-4-8(11)10(7(2)12)9(5-6)13-3/h4-5H,11H2,1-3H3. The molecule has 3 nitrogen and oxygen atoms in total. The van der Waals surface area contributed by atoms with Crippen molar-refractivity contribution < 1.29 is 9.53 Å². The molecule has 0 aliphatic rings. The van der Waals surface area contributed by atoms with Crippen molar-refractivity contribution in [2.45, 2.75) is 13.8 Å². The third-order valence-electron chi connectivity index (χ3n) is 1.85. The minimum Gasteiger partial charge on any atom is -0.496 e. The molecule has 3 heteroatoms. The molecule has 0 fully saturated rings. The predicted molar refractivity (Wildman–Crippen MR) is 52.1 cm³/mol. The van der Waals surface area contributed by atoms with Gasteiger partial charge in [0.1, 0.15) is 5.75 Å². The molecule has 13 heavy (non-hydrogen) atoms. The van der Waals surface area contributed by atoms with E-state index in [9.17, 15) is 4.79 Å². The smallest absolute Gasteiger partial charge is 0.165 e. The molecule has 0 amide bonds. The van der Waals surface area contributed by atoms with Crippen molar-refractivity contribution in [3.05, 3.63) is 23.3 Å². The average molecular weight is 179 g/mol. The molecule has 0 saturated carbocycles. The lowest BCUT2D eigenvalue weighted by Crippen LogP contribution is -2.03. The number of hydrogen-bond acceptors (Lipinski definition) is 3. The van der Waals surface area contributed by atoms with Crippen molar-refractivity contribution in [3.63, 3.8) is 0 Å². The number of methoxy groups -OCH3 is 1. The van der Waals surface area contributed by atoms with E-state index in [0.29, 0.717) is 17.0 Å². The Labute approximate surface area is 77.5 Å². The first-order valence-corrected chi connectivity index (χ1v) is 4.01. The van der Waals surface area contributed by atoms with E-state index in [0.717, 1.165) is 5.56 Å². The SMILES string of the molecule is COc1cc(C)cc(N)c1C(C)=O. The third kappa shape index (κ3) is 1.80. The summed E-state index contributed by atoms with van der Waals surface area (Å²) in [7, 11) is 1.53. The topological polar surface area (TPSA) is 52.3 Å². The number of hydrogen-bond donors (Lipinski definition) is 1. The minimum atomic E-state index is -0.0747. The maximum Gasteiger partial charge on any atom is 0.165 e. The molecular formula is C10H13NO2. The summed E-state index contributed by atoms with van der Waals surface area (Å²) in [6, 6.07) is 3.56. The van der Waals surface area contributed by atoms with Crippen molar-refractivity contribution in [3.8, 4) is 5.75 Å². The number of ether oxygens (including phenoxy) is 1. The van der Waals surface area contributed by atoms with E-state index in [-0.39, 0.29) is 5.78 Å². The van der Waals surface area contributed by atoms with Gasteiger partial charge in [-0.15, -0.1) is 0 Å². The molecule has 0 unspecified atom stereocenters. The number of nitrogens with two attached hydrogens (primary N) is 1. The lowest BCUT2D eigenvalue weighted by atomic mass is 10.1. The van der Waals surface area contributed by atoms with Crippen molar-refractivity contribution in [2.24, 2.45) is 0 Å². The fourth-order valence-electron chi connectivity index (χ4n) is 1.32. The van der Waals surface area contributed by atoms with Crippen LogP contribution in [0.1, 0.15) is 22.8 Å². The number of aryl methyl sites for hydroxylation is 1. The maximum atomic E-state index is 11.2. The van der Waals surface area contributed by atoms with Crippen LogP contribution >= 0.6 is 0 Å². The molecule has 1 rings (SSSR count). The van der Waals surface area contributed by atoms with Gasteiger partial charge in [-0.3, -0.25) is 4.79 Å². The van der Waals surface area contributed by atoms with E-state index in [4.69, 9.17) is 10.5 Å². The van der Waals surface area contributed by atoms with Crippen molar-refractivity contribution in [1.29, 1.82) is 0 Å². The van der Waals surface area contributed by atoms with Crippen LogP contribution in [0, 0.1) is 6.92 Å². The van der Waals surface area contributed by atoms with Crippen LogP contribution in [-0.4, -0.2) is 12.9 Å². The van der Waals surface area contributed by atoms with E-state index >= 15 is 0 Å². The second-order valence-corrected chi connectivity index (χ2v) is 2.99. The summed E-state index contributed by atoms with van der Waals surface area (Å²) >= 11 is 0. The molecule has 0 spiro atoms. The first-order valence-electron chi connectivity index (χ1n) is 4.01. The molecule has 0 aliphatic carbocycles. The van der Waals surface area contributed by atoms with Crippen LogP contribution in [0.3, 0.4) is 0 Å². The number of anilines is 1. The fraction of sp³-hybridized carbons (Fsp3) is 0.300. The van der Waals surface area contributed by atoms with Crippen LogP contribution in [0.5, 0.6) is 5.75 Å². The summed E-state index contributed by atoms with van der Waals surface area (Å²) in [6.07, 6.45) is 0. The van der Waals surface area contributed by atoms with E-state index in [1.165, 1.54) is 14.0 Å². The number of rotatable bonds is 2. The zero-order chi connectivity index (χ0) is 10.0. The summed E-state index contributed by atoms with van der Waals surface area (Å²) in [4.78, 5) is 11.2. The van der Waals surface area contributed by atoms with Crippen molar-refractivity contribution in [1.82, 2.24) is 0 Å². The largest absolute Gasteiger partial charge is 0.496 e. The van der Waals surface area contributed by atoms with Gasteiger partial charge >= 0.3 is 0 Å². The van der Waals surface area contributed by atoms with Crippen LogP contribution < -0.4 is 10.5 Å². The first kappa shape index (κ1) is 9.58. The number of nitrogen functional groups attached to an aromatic ring is 1. The van der Waals surface area contributed by atoms with E-state index in [2.05, 4.69) is 0 Å². The van der Waals surface area contributed by atoms with Gasteiger partial charge in [-0.25, -0.2) is 0 Å². The summed E-state index contributed by atoms with van der Waals surface area (Å²) in [5, 5.41) is 0. The van der Waals surface area contributed by atoms with Crippen LogP contribution in [0.4, 0.5) is 5.69 Å². The van der Waals surface area contributed by atoms with Crippen LogP contribution in [0.25, 0.3) is 0 Å². The lowest BCUT2D eigenvalue weighted by molar-refractivity contribution is 0.101. The van der Waals surface area contributed by atoms with E-state index in [1.54, 1.807) is 12.1 Å². The Hall–Kier alpha value is -1.51. The van der Waals surface area contributed by atoms with E-state index < -0.39 is 0 Å². The third-order valence-corrected chi connectivity index (χ3v) is 1.85. The highest BCUT2D eigenvalue weighted by Crippen LogP contribution is 2.26. The lowest BCUT2D eigenvalue weighted by Gasteiger charge is -2.09. The van der Waals surface area contributed by atoms with Crippen LogP contribution in [-0.2, 0) is 0 Å². The molecule has 0 heterocycles. The molecular weight excluding hydrogens is 166 g/mol. The Morgan fingerprint density at radius 1 is 1.46 bits per heavy atom. The van der Waals surface area contributed by atoms with Crippen LogP contribution in [0.2, 0.25) is 0 Å². The summed E-state index contributed by atoms with van der Waals surface area (Å²) < 4.78 is 5.07. The van der Waals surface area contributed by atoms with Crippen molar-refractivity contribution in [2.75, 3.05) is 12.8 Å². The fourth-order valence-corrected chi connectivity index (χ4v) is 1.32. The van der Waals surface area contributed by atoms with Gasteiger partial charge in [0, 0.05) is 5.69 Å². The highest BCUT2D eigenvalue weighted by Gasteiger charge is 2.12. The highest BCUT2D eigenvalue weighted by molar-refractivity contribution is 6.01.